The number of rotatable bonds is 4. The molecule has 0 unspecified atom stereocenters. The topological polar surface area (TPSA) is 87.2 Å². The number of anilines is 1. The fraction of sp³-hybridized carbons (Fsp3) is 0.600. The Labute approximate surface area is 129 Å². The molecule has 1 saturated heterocycles. The van der Waals surface area contributed by atoms with Gasteiger partial charge in [0.25, 0.3) is 0 Å². The van der Waals surface area contributed by atoms with Crippen LogP contribution >= 0.6 is 0 Å². The number of hydrogen-bond acceptors (Lipinski definition) is 5. The highest BCUT2D eigenvalue weighted by Crippen LogP contribution is 2.20. The fourth-order valence-electron chi connectivity index (χ4n) is 2.59. The summed E-state index contributed by atoms with van der Waals surface area (Å²) in [7, 11) is 0. The van der Waals surface area contributed by atoms with E-state index in [1.165, 1.54) is 0 Å². The van der Waals surface area contributed by atoms with E-state index >= 15 is 0 Å². The molecule has 1 saturated carbocycles. The molecule has 2 fully saturated rings. The molecule has 2 heterocycles. The van der Waals surface area contributed by atoms with E-state index in [-0.39, 0.29) is 6.04 Å². The maximum Gasteiger partial charge on any atom is 0.309 e. The van der Waals surface area contributed by atoms with Crippen molar-refractivity contribution < 1.29 is 9.59 Å². The van der Waals surface area contributed by atoms with Crippen molar-refractivity contribution in [3.05, 3.63) is 18.5 Å². The number of carbonyl (C=O) groups is 2. The Morgan fingerprint density at radius 3 is 2.41 bits per heavy atom. The van der Waals surface area contributed by atoms with Crippen molar-refractivity contribution in [2.75, 3.05) is 24.5 Å². The molecule has 1 aliphatic heterocycles. The number of carbonyl (C=O) groups excluding carboxylic acids is 2. The minimum absolute atomic E-state index is 0.215. The Morgan fingerprint density at radius 1 is 1.09 bits per heavy atom. The quantitative estimate of drug-likeness (QED) is 0.770. The summed E-state index contributed by atoms with van der Waals surface area (Å²) in [6, 6.07) is 2.02. The van der Waals surface area contributed by atoms with Crippen LogP contribution in [0.2, 0.25) is 0 Å². The van der Waals surface area contributed by atoms with Crippen LogP contribution < -0.4 is 15.5 Å². The molecule has 1 aromatic heterocycles. The van der Waals surface area contributed by atoms with Crippen LogP contribution in [0.15, 0.2) is 18.5 Å². The minimum atomic E-state index is -0.513. The molecule has 3 rings (SSSR count). The molecule has 2 amide bonds. The summed E-state index contributed by atoms with van der Waals surface area (Å²) in [4.78, 5) is 33.9. The second-order valence-electron chi connectivity index (χ2n) is 5.94. The lowest BCUT2D eigenvalue weighted by Gasteiger charge is -2.31. The van der Waals surface area contributed by atoms with Crippen molar-refractivity contribution in [3.8, 4) is 0 Å². The largest absolute Gasteiger partial charge is 0.348 e. The van der Waals surface area contributed by atoms with Crippen molar-refractivity contribution in [3.63, 3.8) is 0 Å². The van der Waals surface area contributed by atoms with Gasteiger partial charge in [0.05, 0.1) is 0 Å². The molecule has 0 atom stereocenters. The minimum Gasteiger partial charge on any atom is -0.348 e. The number of amides is 2. The molecule has 2 N–H and O–H groups in total. The van der Waals surface area contributed by atoms with E-state index in [0.29, 0.717) is 12.5 Å². The van der Waals surface area contributed by atoms with E-state index in [1.54, 1.807) is 18.5 Å². The Bertz CT molecular complexity index is 524. The maximum atomic E-state index is 11.7. The van der Waals surface area contributed by atoms with Gasteiger partial charge in [-0.3, -0.25) is 9.59 Å². The van der Waals surface area contributed by atoms with Crippen molar-refractivity contribution in [2.45, 2.75) is 31.7 Å². The fourth-order valence-corrected chi connectivity index (χ4v) is 2.59. The van der Waals surface area contributed by atoms with Gasteiger partial charge in [0.2, 0.25) is 5.95 Å². The van der Waals surface area contributed by atoms with Gasteiger partial charge in [-0.15, -0.1) is 0 Å². The Morgan fingerprint density at radius 2 is 1.77 bits per heavy atom. The van der Waals surface area contributed by atoms with E-state index in [1.807, 2.05) is 0 Å². The first-order chi connectivity index (χ1) is 10.7. The zero-order valence-electron chi connectivity index (χ0n) is 12.5. The summed E-state index contributed by atoms with van der Waals surface area (Å²) in [6.07, 6.45) is 7.38. The van der Waals surface area contributed by atoms with Gasteiger partial charge in [-0.1, -0.05) is 0 Å². The molecule has 1 aromatic rings. The van der Waals surface area contributed by atoms with Crippen LogP contribution in [0.25, 0.3) is 0 Å². The average Bonchev–Trinajstić information content (AvgIpc) is 3.38. The van der Waals surface area contributed by atoms with E-state index in [4.69, 9.17) is 0 Å². The van der Waals surface area contributed by atoms with Crippen molar-refractivity contribution in [1.82, 2.24) is 20.6 Å². The summed E-state index contributed by atoms with van der Waals surface area (Å²) < 4.78 is 0. The lowest BCUT2D eigenvalue weighted by Crippen LogP contribution is -2.44. The van der Waals surface area contributed by atoms with Gasteiger partial charge >= 0.3 is 11.8 Å². The summed E-state index contributed by atoms with van der Waals surface area (Å²) in [5.74, 6) is 0.143. The van der Waals surface area contributed by atoms with Gasteiger partial charge < -0.3 is 15.5 Å². The second-order valence-corrected chi connectivity index (χ2v) is 5.94. The standard InChI is InChI=1S/C15H21N5O2/c21-13(14(22)19-12-2-3-12)18-10-11-4-8-20(9-5-11)15-16-6-1-7-17-15/h1,6-7,11-12H,2-5,8-10H2,(H,18,21)(H,19,22). The molecule has 1 aliphatic carbocycles. The molecule has 0 radical (unpaired) electrons. The monoisotopic (exact) mass is 303 g/mol. The molecule has 22 heavy (non-hydrogen) atoms. The highest BCUT2D eigenvalue weighted by molar-refractivity contribution is 6.35. The molecule has 0 bridgehead atoms. The number of piperidine rings is 1. The first-order valence-electron chi connectivity index (χ1n) is 7.83. The first-order valence-corrected chi connectivity index (χ1v) is 7.83. The molecule has 118 valence electrons. The van der Waals surface area contributed by atoms with Crippen molar-refractivity contribution in [2.24, 2.45) is 5.92 Å². The van der Waals surface area contributed by atoms with Gasteiger partial charge in [-0.05, 0) is 37.7 Å². The van der Waals surface area contributed by atoms with Gasteiger partial charge in [0.1, 0.15) is 0 Å². The predicted molar refractivity (Wildman–Crippen MR) is 81.1 cm³/mol. The lowest BCUT2D eigenvalue weighted by molar-refractivity contribution is -0.139. The molecule has 2 aliphatic rings. The number of nitrogens with zero attached hydrogens (tertiary/aromatic N) is 3. The summed E-state index contributed by atoms with van der Waals surface area (Å²) in [5.41, 5.74) is 0. The molecule has 0 aromatic carbocycles. The van der Waals surface area contributed by atoms with Crippen LogP contribution in [0, 0.1) is 5.92 Å². The summed E-state index contributed by atoms with van der Waals surface area (Å²) >= 11 is 0. The van der Waals surface area contributed by atoms with Crippen LogP contribution in [-0.4, -0.2) is 47.5 Å². The first kappa shape index (κ1) is 14.7. The molecular formula is C15H21N5O2. The Kier molecular flexibility index (Phi) is 4.50. The summed E-state index contributed by atoms with van der Waals surface area (Å²) in [5, 5.41) is 5.43. The van der Waals surface area contributed by atoms with Crippen LogP contribution in [0.4, 0.5) is 5.95 Å². The molecule has 7 nitrogen and oxygen atoms in total. The lowest BCUT2D eigenvalue weighted by atomic mass is 9.97. The molecule has 7 heteroatoms. The highest BCUT2D eigenvalue weighted by Gasteiger charge is 2.27. The Balaban J connectivity index is 1.38. The predicted octanol–water partition coefficient (Wildman–Crippen LogP) is 0.0878. The molecule has 0 spiro atoms. The van der Waals surface area contributed by atoms with E-state index in [2.05, 4.69) is 25.5 Å². The number of hydrogen-bond donors (Lipinski definition) is 2. The highest BCUT2D eigenvalue weighted by atomic mass is 16.2. The van der Waals surface area contributed by atoms with Crippen LogP contribution in [0.5, 0.6) is 0 Å². The van der Waals surface area contributed by atoms with Crippen LogP contribution in [-0.2, 0) is 9.59 Å². The SMILES string of the molecule is O=C(NCC1CCN(c2ncccn2)CC1)C(=O)NC1CC1. The van der Waals surface area contributed by atoms with Gasteiger partial charge in [0, 0.05) is 38.1 Å². The number of aromatic nitrogens is 2. The molecular weight excluding hydrogens is 282 g/mol. The number of nitrogens with one attached hydrogen (secondary N) is 2. The average molecular weight is 303 g/mol. The van der Waals surface area contributed by atoms with Gasteiger partial charge in [-0.2, -0.15) is 0 Å². The smallest absolute Gasteiger partial charge is 0.309 e. The summed E-state index contributed by atoms with van der Waals surface area (Å²) in [6.45, 7) is 2.30. The third-order valence-corrected chi connectivity index (χ3v) is 4.12. The maximum absolute atomic E-state index is 11.7. The van der Waals surface area contributed by atoms with Crippen LogP contribution in [0.3, 0.4) is 0 Å². The van der Waals surface area contributed by atoms with E-state index in [0.717, 1.165) is 44.7 Å². The van der Waals surface area contributed by atoms with Crippen molar-refractivity contribution >= 4 is 17.8 Å². The van der Waals surface area contributed by atoms with Crippen molar-refractivity contribution in [1.29, 1.82) is 0 Å². The van der Waals surface area contributed by atoms with E-state index in [9.17, 15) is 9.59 Å². The Hall–Kier alpha value is -2.18. The third kappa shape index (κ3) is 3.93. The van der Waals surface area contributed by atoms with E-state index < -0.39 is 11.8 Å². The zero-order valence-corrected chi connectivity index (χ0v) is 12.5. The normalized spacial score (nSPS) is 18.8. The zero-order chi connectivity index (χ0) is 15.4. The second kappa shape index (κ2) is 6.72. The van der Waals surface area contributed by atoms with Gasteiger partial charge in [-0.25, -0.2) is 9.97 Å². The van der Waals surface area contributed by atoms with Crippen LogP contribution in [0.1, 0.15) is 25.7 Å². The van der Waals surface area contributed by atoms with Gasteiger partial charge in [0.15, 0.2) is 0 Å². The third-order valence-electron chi connectivity index (χ3n) is 4.12.